The molecule has 0 aliphatic heterocycles. The Balaban J connectivity index is 1.61. The van der Waals surface area contributed by atoms with Gasteiger partial charge in [-0.15, -0.1) is 0 Å². The molecule has 1 amide bonds. The van der Waals surface area contributed by atoms with Crippen LogP contribution in [-0.4, -0.2) is 17.1 Å². The summed E-state index contributed by atoms with van der Waals surface area (Å²) in [4.78, 5) is 12.8. The first-order valence-electron chi connectivity index (χ1n) is 10.6. The molecule has 0 atom stereocenters. The van der Waals surface area contributed by atoms with Crippen LogP contribution in [0.4, 0.5) is 5.69 Å². The zero-order chi connectivity index (χ0) is 23.2. The number of amides is 1. The smallest absolute Gasteiger partial charge is 0.266 e. The Morgan fingerprint density at radius 3 is 2.52 bits per heavy atom. The molecule has 6 heteroatoms. The van der Waals surface area contributed by atoms with Gasteiger partial charge in [-0.1, -0.05) is 41.9 Å². The Morgan fingerprint density at radius 1 is 1.09 bits per heavy atom. The van der Waals surface area contributed by atoms with Crippen LogP contribution in [0.2, 0.25) is 5.02 Å². The molecule has 0 unspecified atom stereocenters. The molecule has 0 spiro atoms. The van der Waals surface area contributed by atoms with Gasteiger partial charge in [0.05, 0.1) is 6.61 Å². The number of nitrogens with one attached hydrogen (secondary N) is 1. The molecule has 3 aromatic carbocycles. The second kappa shape index (κ2) is 10.1. The molecule has 1 N–H and O–H groups in total. The maximum absolute atomic E-state index is 12.8. The lowest BCUT2D eigenvalue weighted by Crippen LogP contribution is -2.13. The molecule has 0 bridgehead atoms. The molecular formula is C27H22ClN3O2. The molecule has 5 nitrogen and oxygen atoms in total. The fraction of sp³-hybridized carbons (Fsp3) is 0.111. The summed E-state index contributed by atoms with van der Waals surface area (Å²) in [5.74, 6) is 0.260. The van der Waals surface area contributed by atoms with Crippen LogP contribution in [0.25, 0.3) is 17.0 Å². The number of halogens is 1. The van der Waals surface area contributed by atoms with Crippen molar-refractivity contribution in [1.82, 2.24) is 4.57 Å². The molecule has 1 aromatic heterocycles. The number of ether oxygens (including phenoxy) is 1. The van der Waals surface area contributed by atoms with Gasteiger partial charge in [-0.2, -0.15) is 5.26 Å². The average Bonchev–Trinajstić information content (AvgIpc) is 3.17. The zero-order valence-corrected chi connectivity index (χ0v) is 18.8. The minimum absolute atomic E-state index is 0.0262. The summed E-state index contributed by atoms with van der Waals surface area (Å²) in [7, 11) is 0. The van der Waals surface area contributed by atoms with Gasteiger partial charge in [-0.25, -0.2) is 0 Å². The maximum atomic E-state index is 12.8. The SMILES string of the molecule is CCOc1ccc(NC(=O)/C(C#N)=C/c2cn(Cc3ccc(Cl)cc3)c3ccccc23)cc1. The molecule has 0 saturated heterocycles. The van der Waals surface area contributed by atoms with Crippen LogP contribution in [0.1, 0.15) is 18.1 Å². The van der Waals surface area contributed by atoms with Crippen LogP contribution in [0, 0.1) is 11.3 Å². The molecule has 4 aromatic rings. The van der Waals surface area contributed by atoms with E-state index in [1.165, 1.54) is 0 Å². The van der Waals surface area contributed by atoms with Crippen LogP contribution in [0.3, 0.4) is 0 Å². The van der Waals surface area contributed by atoms with Crippen molar-refractivity contribution in [1.29, 1.82) is 5.26 Å². The van der Waals surface area contributed by atoms with Crippen molar-refractivity contribution in [3.8, 4) is 11.8 Å². The first-order valence-corrected chi connectivity index (χ1v) is 10.9. The fourth-order valence-electron chi connectivity index (χ4n) is 3.61. The first kappa shape index (κ1) is 22.2. The second-order valence-corrected chi connectivity index (χ2v) is 7.87. The number of anilines is 1. The molecule has 164 valence electrons. The van der Waals surface area contributed by atoms with Gasteiger partial charge in [0.2, 0.25) is 0 Å². The van der Waals surface area contributed by atoms with Gasteiger partial charge in [-0.3, -0.25) is 4.79 Å². The Hall–Kier alpha value is -4.01. The lowest BCUT2D eigenvalue weighted by molar-refractivity contribution is -0.112. The zero-order valence-electron chi connectivity index (χ0n) is 18.1. The Bertz CT molecular complexity index is 1350. The molecule has 1 heterocycles. The number of fused-ring (bicyclic) bond motifs is 1. The Labute approximate surface area is 197 Å². The van der Waals surface area contributed by atoms with Gasteiger partial charge < -0.3 is 14.6 Å². The summed E-state index contributed by atoms with van der Waals surface area (Å²) >= 11 is 6.01. The summed E-state index contributed by atoms with van der Waals surface area (Å²) in [5, 5.41) is 14.1. The molecule has 4 rings (SSSR count). The van der Waals surface area contributed by atoms with E-state index in [2.05, 4.69) is 9.88 Å². The minimum atomic E-state index is -0.462. The van der Waals surface area contributed by atoms with E-state index < -0.39 is 5.91 Å². The fourth-order valence-corrected chi connectivity index (χ4v) is 3.74. The van der Waals surface area contributed by atoms with Crippen LogP contribution >= 0.6 is 11.6 Å². The van der Waals surface area contributed by atoms with Crippen molar-refractivity contribution in [3.05, 3.63) is 101 Å². The third-order valence-electron chi connectivity index (χ3n) is 5.17. The first-order chi connectivity index (χ1) is 16.1. The van der Waals surface area contributed by atoms with Gasteiger partial charge >= 0.3 is 0 Å². The number of nitrogens with zero attached hydrogens (tertiary/aromatic N) is 2. The molecular weight excluding hydrogens is 434 g/mol. The molecule has 0 radical (unpaired) electrons. The van der Waals surface area contributed by atoms with Crippen molar-refractivity contribution < 1.29 is 9.53 Å². The van der Waals surface area contributed by atoms with Crippen molar-refractivity contribution in [2.24, 2.45) is 0 Å². The summed E-state index contributed by atoms with van der Waals surface area (Å²) < 4.78 is 7.52. The van der Waals surface area contributed by atoms with Gasteiger partial charge in [0.15, 0.2) is 0 Å². The third kappa shape index (κ3) is 5.25. The number of hydrogen-bond donors (Lipinski definition) is 1. The monoisotopic (exact) mass is 455 g/mol. The van der Waals surface area contributed by atoms with Crippen molar-refractivity contribution in [2.75, 3.05) is 11.9 Å². The van der Waals surface area contributed by atoms with Crippen LogP contribution in [0.15, 0.2) is 84.6 Å². The van der Waals surface area contributed by atoms with Gasteiger partial charge in [0.25, 0.3) is 5.91 Å². The van der Waals surface area contributed by atoms with E-state index in [-0.39, 0.29) is 5.57 Å². The van der Waals surface area contributed by atoms with Crippen LogP contribution < -0.4 is 10.1 Å². The van der Waals surface area contributed by atoms with Gasteiger partial charge in [0, 0.05) is 39.9 Å². The third-order valence-corrected chi connectivity index (χ3v) is 5.43. The number of para-hydroxylation sites is 1. The summed E-state index contributed by atoms with van der Waals surface area (Å²) in [6.07, 6.45) is 3.59. The van der Waals surface area contributed by atoms with E-state index in [9.17, 15) is 10.1 Å². The summed E-state index contributed by atoms with van der Waals surface area (Å²) in [5.41, 5.74) is 3.54. The molecule has 33 heavy (non-hydrogen) atoms. The minimum Gasteiger partial charge on any atom is -0.494 e. The van der Waals surface area contributed by atoms with E-state index in [1.807, 2.05) is 67.7 Å². The lowest BCUT2D eigenvalue weighted by atomic mass is 10.1. The number of carbonyl (C=O) groups excluding carboxylic acids is 1. The number of nitriles is 1. The molecule has 0 aliphatic carbocycles. The number of benzene rings is 3. The van der Waals surface area contributed by atoms with E-state index in [1.54, 1.807) is 30.3 Å². The van der Waals surface area contributed by atoms with Crippen molar-refractivity contribution >= 4 is 40.2 Å². The highest BCUT2D eigenvalue weighted by atomic mass is 35.5. The van der Waals surface area contributed by atoms with Crippen molar-refractivity contribution in [2.45, 2.75) is 13.5 Å². The second-order valence-electron chi connectivity index (χ2n) is 7.44. The van der Waals surface area contributed by atoms with Gasteiger partial charge in [0.1, 0.15) is 17.4 Å². The Morgan fingerprint density at radius 2 is 1.82 bits per heavy atom. The summed E-state index contributed by atoms with van der Waals surface area (Å²) in [6, 6.07) is 24.7. The van der Waals surface area contributed by atoms with Crippen LogP contribution in [-0.2, 0) is 11.3 Å². The average molecular weight is 456 g/mol. The number of rotatable bonds is 7. The molecule has 0 saturated carbocycles. The number of carbonyl (C=O) groups is 1. The van der Waals surface area contributed by atoms with E-state index >= 15 is 0 Å². The highest BCUT2D eigenvalue weighted by Gasteiger charge is 2.13. The standard InChI is InChI=1S/C27H22ClN3O2/c1-2-33-24-13-11-23(12-14-24)30-27(32)20(16-29)15-21-18-31(26-6-4-3-5-25(21)26)17-19-7-9-22(28)10-8-19/h3-15,18H,2,17H2,1H3,(H,30,32)/b20-15+. The number of aromatic nitrogens is 1. The molecule has 0 aliphatic rings. The van der Waals surface area contributed by atoms with Gasteiger partial charge in [-0.05, 0) is 61.0 Å². The quantitative estimate of drug-likeness (QED) is 0.263. The lowest BCUT2D eigenvalue weighted by Gasteiger charge is -2.06. The Kier molecular flexibility index (Phi) is 6.77. The summed E-state index contributed by atoms with van der Waals surface area (Å²) in [6.45, 7) is 3.12. The largest absolute Gasteiger partial charge is 0.494 e. The highest BCUT2D eigenvalue weighted by molar-refractivity contribution is 6.30. The number of hydrogen-bond acceptors (Lipinski definition) is 3. The normalized spacial score (nSPS) is 11.2. The maximum Gasteiger partial charge on any atom is 0.266 e. The predicted molar refractivity (Wildman–Crippen MR) is 132 cm³/mol. The van der Waals surface area contributed by atoms with Crippen LogP contribution in [0.5, 0.6) is 5.75 Å². The topological polar surface area (TPSA) is 67.0 Å². The van der Waals surface area contributed by atoms with E-state index in [4.69, 9.17) is 16.3 Å². The highest BCUT2D eigenvalue weighted by Crippen LogP contribution is 2.25. The van der Waals surface area contributed by atoms with Crippen molar-refractivity contribution in [3.63, 3.8) is 0 Å². The van der Waals surface area contributed by atoms with E-state index in [0.717, 1.165) is 27.8 Å². The van der Waals surface area contributed by atoms with E-state index in [0.29, 0.717) is 23.9 Å². The predicted octanol–water partition coefficient (Wildman–Crippen LogP) is 6.29. The molecule has 0 fully saturated rings.